The molecule has 0 saturated carbocycles. The smallest absolute Gasteiger partial charge is 0.0271 e. The number of thioether (sulfide) groups is 1. The molecule has 1 saturated heterocycles. The molecular formula is C20H27N3S. The lowest BCUT2D eigenvalue weighted by Gasteiger charge is -2.22. The zero-order valence-corrected chi connectivity index (χ0v) is 15.3. The van der Waals surface area contributed by atoms with E-state index in [0.29, 0.717) is 0 Å². The monoisotopic (exact) mass is 341 g/mol. The van der Waals surface area contributed by atoms with Crippen LogP contribution in [0.3, 0.4) is 0 Å². The van der Waals surface area contributed by atoms with Crippen LogP contribution in [0.1, 0.15) is 24.5 Å². The summed E-state index contributed by atoms with van der Waals surface area (Å²) >= 11 is 1.91. The second kappa shape index (κ2) is 9.21. The molecule has 1 aliphatic rings. The van der Waals surface area contributed by atoms with E-state index in [-0.39, 0.29) is 0 Å². The van der Waals surface area contributed by atoms with Crippen LogP contribution in [0.25, 0.3) is 0 Å². The lowest BCUT2D eigenvalue weighted by molar-refractivity contribution is 0.247. The van der Waals surface area contributed by atoms with Gasteiger partial charge in [-0.3, -0.25) is 14.8 Å². The van der Waals surface area contributed by atoms with Crippen molar-refractivity contribution in [2.75, 3.05) is 31.9 Å². The molecule has 2 heterocycles. The van der Waals surface area contributed by atoms with Crippen molar-refractivity contribution in [3.63, 3.8) is 0 Å². The summed E-state index contributed by atoms with van der Waals surface area (Å²) in [5.74, 6) is 1.14. The normalized spacial score (nSPS) is 16.9. The van der Waals surface area contributed by atoms with Gasteiger partial charge in [0, 0.05) is 43.5 Å². The Morgan fingerprint density at radius 3 is 2.00 bits per heavy atom. The van der Waals surface area contributed by atoms with Crippen molar-refractivity contribution in [2.24, 2.45) is 0 Å². The summed E-state index contributed by atoms with van der Waals surface area (Å²) in [5.41, 5.74) is 2.79. The zero-order chi connectivity index (χ0) is 16.6. The second-order valence-electron chi connectivity index (χ2n) is 6.34. The quantitative estimate of drug-likeness (QED) is 0.742. The van der Waals surface area contributed by atoms with Crippen LogP contribution in [-0.2, 0) is 13.1 Å². The Bertz CT molecular complexity index is 600. The van der Waals surface area contributed by atoms with Crippen molar-refractivity contribution in [3.05, 3.63) is 59.9 Å². The Hall–Kier alpha value is -1.36. The van der Waals surface area contributed by atoms with Gasteiger partial charge in [0.1, 0.15) is 0 Å². The molecule has 1 aromatic carbocycles. The largest absolute Gasteiger partial charge is 0.298 e. The molecule has 4 heteroatoms. The summed E-state index contributed by atoms with van der Waals surface area (Å²) in [5, 5.41) is 0. The van der Waals surface area contributed by atoms with Gasteiger partial charge in [-0.2, -0.15) is 0 Å². The number of nitrogens with zero attached hydrogens (tertiary/aromatic N) is 3. The molecule has 3 nitrogen and oxygen atoms in total. The minimum Gasteiger partial charge on any atom is -0.298 e. The maximum atomic E-state index is 4.11. The number of benzene rings is 1. The van der Waals surface area contributed by atoms with Gasteiger partial charge in [0.25, 0.3) is 0 Å². The lowest BCUT2D eigenvalue weighted by atomic mass is 10.2. The molecule has 3 rings (SSSR count). The Morgan fingerprint density at radius 2 is 1.42 bits per heavy atom. The molecule has 0 bridgehead atoms. The molecule has 128 valence electrons. The number of hydrogen-bond acceptors (Lipinski definition) is 4. The van der Waals surface area contributed by atoms with Crippen LogP contribution in [-0.4, -0.2) is 46.7 Å². The molecule has 0 unspecified atom stereocenters. The first-order valence-electron chi connectivity index (χ1n) is 8.89. The number of pyridine rings is 1. The first kappa shape index (κ1) is 17.5. The molecule has 24 heavy (non-hydrogen) atoms. The average Bonchev–Trinajstić information content (AvgIpc) is 2.83. The van der Waals surface area contributed by atoms with Crippen LogP contribution in [0.2, 0.25) is 0 Å². The predicted octanol–water partition coefficient (Wildman–Crippen LogP) is 3.90. The molecule has 0 radical (unpaired) electrons. The highest BCUT2D eigenvalue weighted by Gasteiger charge is 2.15. The lowest BCUT2D eigenvalue weighted by Crippen LogP contribution is -2.30. The molecule has 0 aliphatic carbocycles. The Labute approximate surface area is 150 Å². The van der Waals surface area contributed by atoms with E-state index in [2.05, 4.69) is 58.1 Å². The van der Waals surface area contributed by atoms with Crippen LogP contribution in [0.15, 0.2) is 53.7 Å². The highest BCUT2D eigenvalue weighted by molar-refractivity contribution is 7.99. The molecule has 1 aromatic heterocycles. The van der Waals surface area contributed by atoms with Gasteiger partial charge in [-0.25, -0.2) is 0 Å². The van der Waals surface area contributed by atoms with Crippen LogP contribution in [0, 0.1) is 0 Å². The summed E-state index contributed by atoms with van der Waals surface area (Å²) in [7, 11) is 0. The fourth-order valence-electron chi connectivity index (χ4n) is 3.20. The van der Waals surface area contributed by atoms with E-state index < -0.39 is 0 Å². The second-order valence-corrected chi connectivity index (χ2v) is 7.68. The molecule has 2 aromatic rings. The third-order valence-corrected chi connectivity index (χ3v) is 5.37. The zero-order valence-electron chi connectivity index (χ0n) is 14.5. The van der Waals surface area contributed by atoms with E-state index in [9.17, 15) is 0 Å². The number of rotatable bonds is 6. The van der Waals surface area contributed by atoms with Crippen molar-refractivity contribution in [1.29, 1.82) is 0 Å². The van der Waals surface area contributed by atoms with Crippen LogP contribution in [0.5, 0.6) is 0 Å². The Kier molecular flexibility index (Phi) is 6.70. The molecule has 1 fully saturated rings. The molecule has 0 N–H and O–H groups in total. The van der Waals surface area contributed by atoms with Crippen molar-refractivity contribution in [3.8, 4) is 0 Å². The van der Waals surface area contributed by atoms with Gasteiger partial charge < -0.3 is 0 Å². The fraction of sp³-hybridized carbons (Fsp3) is 0.450. The summed E-state index contributed by atoms with van der Waals surface area (Å²) in [6.07, 6.45) is 5.02. The summed E-state index contributed by atoms with van der Waals surface area (Å²) in [6.45, 7) is 8.98. The van der Waals surface area contributed by atoms with Gasteiger partial charge >= 0.3 is 0 Å². The molecule has 1 aliphatic heterocycles. The third-order valence-electron chi connectivity index (χ3n) is 4.48. The number of hydrogen-bond donors (Lipinski definition) is 0. The van der Waals surface area contributed by atoms with Crippen LogP contribution >= 0.6 is 11.8 Å². The summed E-state index contributed by atoms with van der Waals surface area (Å²) in [4.78, 5) is 10.6. The minimum absolute atomic E-state index is 1.04. The van der Waals surface area contributed by atoms with Gasteiger partial charge in [0.05, 0.1) is 0 Å². The average molecular weight is 342 g/mol. The molecule has 0 atom stereocenters. The standard InChI is InChI=1S/C20H27N3S/c1-2-24-20-6-4-18(5-7-20)16-22-12-3-13-23(15-14-22)17-19-8-10-21-11-9-19/h4-11H,2-3,12-17H2,1H3. The van der Waals surface area contributed by atoms with E-state index in [0.717, 1.165) is 31.9 Å². The van der Waals surface area contributed by atoms with Gasteiger partial charge in [0.15, 0.2) is 0 Å². The van der Waals surface area contributed by atoms with E-state index in [4.69, 9.17) is 0 Å². The van der Waals surface area contributed by atoms with Gasteiger partial charge in [-0.1, -0.05) is 19.1 Å². The van der Waals surface area contributed by atoms with Crippen LogP contribution < -0.4 is 0 Å². The molecule has 0 spiro atoms. The summed E-state index contributed by atoms with van der Waals surface area (Å²) in [6, 6.07) is 13.3. The van der Waals surface area contributed by atoms with E-state index >= 15 is 0 Å². The maximum absolute atomic E-state index is 4.11. The predicted molar refractivity (Wildman–Crippen MR) is 102 cm³/mol. The van der Waals surface area contributed by atoms with Gasteiger partial charge in [0.2, 0.25) is 0 Å². The highest BCUT2D eigenvalue weighted by atomic mass is 32.2. The third kappa shape index (κ3) is 5.33. The highest BCUT2D eigenvalue weighted by Crippen LogP contribution is 2.19. The van der Waals surface area contributed by atoms with E-state index in [1.807, 2.05) is 24.2 Å². The van der Waals surface area contributed by atoms with E-state index in [1.54, 1.807) is 0 Å². The first-order valence-corrected chi connectivity index (χ1v) is 9.87. The Morgan fingerprint density at radius 1 is 0.833 bits per heavy atom. The first-order chi connectivity index (χ1) is 11.8. The van der Waals surface area contributed by atoms with Crippen molar-refractivity contribution >= 4 is 11.8 Å². The molecular weight excluding hydrogens is 314 g/mol. The SMILES string of the molecule is CCSc1ccc(CN2CCCN(Cc3ccncc3)CC2)cc1. The van der Waals surface area contributed by atoms with Gasteiger partial charge in [-0.15, -0.1) is 11.8 Å². The fourth-order valence-corrected chi connectivity index (χ4v) is 3.86. The van der Waals surface area contributed by atoms with Gasteiger partial charge in [-0.05, 0) is 60.7 Å². The molecule has 0 amide bonds. The minimum atomic E-state index is 1.04. The Balaban J connectivity index is 1.50. The topological polar surface area (TPSA) is 19.4 Å². The van der Waals surface area contributed by atoms with Crippen molar-refractivity contribution < 1.29 is 0 Å². The number of aromatic nitrogens is 1. The van der Waals surface area contributed by atoms with Crippen molar-refractivity contribution in [2.45, 2.75) is 31.3 Å². The van der Waals surface area contributed by atoms with Crippen LogP contribution in [0.4, 0.5) is 0 Å². The van der Waals surface area contributed by atoms with E-state index in [1.165, 1.54) is 35.5 Å². The maximum Gasteiger partial charge on any atom is 0.0271 e. The summed E-state index contributed by atoms with van der Waals surface area (Å²) < 4.78 is 0. The van der Waals surface area contributed by atoms with Crippen molar-refractivity contribution in [1.82, 2.24) is 14.8 Å².